The largest absolute Gasteiger partial charge is 0.436 e. The molecular weight excluding hydrogens is 390 g/mol. The Labute approximate surface area is 173 Å². The molecule has 2 fully saturated rings. The molecule has 2 aromatic heterocycles. The van der Waals surface area contributed by atoms with Gasteiger partial charge in [0.15, 0.2) is 17.6 Å². The number of aryl methyl sites for hydroxylation is 1. The Balaban J connectivity index is 1.29. The molecular formula is C19H27N7O4. The van der Waals surface area contributed by atoms with E-state index >= 15 is 0 Å². The molecule has 2 aliphatic heterocycles. The number of carbonyl (C=O) groups excluding carboxylic acids is 2. The van der Waals surface area contributed by atoms with Gasteiger partial charge in [0.2, 0.25) is 0 Å². The molecule has 0 aliphatic carbocycles. The number of nitrogens with zero attached hydrogens (tertiary/aromatic N) is 5. The summed E-state index contributed by atoms with van der Waals surface area (Å²) in [6.07, 6.45) is 4.51. The van der Waals surface area contributed by atoms with Crippen LogP contribution in [-0.2, 0) is 27.4 Å². The number of rotatable bonds is 6. The third kappa shape index (κ3) is 4.30. The number of ether oxygens (including phenoxy) is 2. The van der Waals surface area contributed by atoms with E-state index in [9.17, 15) is 9.59 Å². The van der Waals surface area contributed by atoms with Gasteiger partial charge in [-0.15, -0.1) is 0 Å². The van der Waals surface area contributed by atoms with Gasteiger partial charge in [0.25, 0.3) is 5.91 Å². The van der Waals surface area contributed by atoms with E-state index in [2.05, 4.69) is 20.3 Å². The van der Waals surface area contributed by atoms with Crippen molar-refractivity contribution in [3.05, 3.63) is 12.2 Å². The van der Waals surface area contributed by atoms with Crippen molar-refractivity contribution in [1.82, 2.24) is 29.7 Å². The van der Waals surface area contributed by atoms with Crippen LogP contribution in [0.5, 0.6) is 0 Å². The first-order valence-corrected chi connectivity index (χ1v) is 10.2. The van der Waals surface area contributed by atoms with Gasteiger partial charge in [-0.1, -0.05) is 0 Å². The molecule has 2 amide bonds. The van der Waals surface area contributed by atoms with E-state index in [0.717, 1.165) is 19.3 Å². The van der Waals surface area contributed by atoms with Gasteiger partial charge in [-0.05, 0) is 25.2 Å². The van der Waals surface area contributed by atoms with Gasteiger partial charge in [0.1, 0.15) is 18.1 Å². The quantitative estimate of drug-likeness (QED) is 0.700. The molecule has 162 valence electrons. The summed E-state index contributed by atoms with van der Waals surface area (Å²) >= 11 is 0. The maximum Gasteiger partial charge on any atom is 0.410 e. The minimum absolute atomic E-state index is 0.207. The minimum atomic E-state index is -0.653. The van der Waals surface area contributed by atoms with Crippen LogP contribution in [0.1, 0.15) is 31.5 Å². The molecule has 30 heavy (non-hydrogen) atoms. The second-order valence-corrected chi connectivity index (χ2v) is 7.75. The number of nitrogens with two attached hydrogens (primary N) is 1. The van der Waals surface area contributed by atoms with Gasteiger partial charge in [-0.3, -0.25) is 9.36 Å². The predicted molar refractivity (Wildman–Crippen MR) is 107 cm³/mol. The molecule has 2 aromatic rings. The number of amides is 2. The number of likely N-dealkylation sites (tertiary alicyclic amines) is 1. The molecule has 2 saturated heterocycles. The number of fused-ring (bicyclic) bond motifs is 1. The highest BCUT2D eigenvalue weighted by molar-refractivity contribution is 5.85. The number of nitrogens with one attached hydrogen (secondary N) is 1. The van der Waals surface area contributed by atoms with Crippen LogP contribution >= 0.6 is 0 Å². The number of hydrogen-bond acceptors (Lipinski definition) is 8. The number of aromatic nitrogens is 4. The van der Waals surface area contributed by atoms with Crippen LogP contribution in [0.3, 0.4) is 0 Å². The molecule has 0 radical (unpaired) electrons. The fourth-order valence-electron chi connectivity index (χ4n) is 3.98. The van der Waals surface area contributed by atoms with Crippen LogP contribution in [0.15, 0.2) is 6.33 Å². The molecule has 1 atom stereocenters. The zero-order valence-electron chi connectivity index (χ0n) is 17.0. The zero-order chi connectivity index (χ0) is 21.1. The van der Waals surface area contributed by atoms with Gasteiger partial charge in [0, 0.05) is 39.6 Å². The maximum absolute atomic E-state index is 12.3. The number of methoxy groups -OCH3 is 1. The minimum Gasteiger partial charge on any atom is -0.436 e. The van der Waals surface area contributed by atoms with E-state index in [4.69, 9.17) is 15.2 Å². The van der Waals surface area contributed by atoms with Crippen molar-refractivity contribution in [2.24, 2.45) is 5.92 Å². The highest BCUT2D eigenvalue weighted by Gasteiger charge is 2.31. The first-order valence-electron chi connectivity index (χ1n) is 10.2. The summed E-state index contributed by atoms with van der Waals surface area (Å²) in [4.78, 5) is 38.8. The lowest BCUT2D eigenvalue weighted by Gasteiger charge is -2.31. The zero-order valence-corrected chi connectivity index (χ0v) is 17.0. The third-order valence-electron chi connectivity index (χ3n) is 5.70. The van der Waals surface area contributed by atoms with Crippen molar-refractivity contribution in [2.45, 2.75) is 44.9 Å². The van der Waals surface area contributed by atoms with E-state index in [0.29, 0.717) is 67.9 Å². The second-order valence-electron chi connectivity index (χ2n) is 7.75. The van der Waals surface area contributed by atoms with Crippen molar-refractivity contribution in [3.8, 4) is 0 Å². The van der Waals surface area contributed by atoms with Crippen LogP contribution in [0.25, 0.3) is 11.2 Å². The van der Waals surface area contributed by atoms with Crippen LogP contribution in [0.4, 0.5) is 10.6 Å². The summed E-state index contributed by atoms with van der Waals surface area (Å²) in [5.41, 5.74) is 7.31. The monoisotopic (exact) mass is 417 g/mol. The molecule has 0 spiro atoms. The van der Waals surface area contributed by atoms with Crippen LogP contribution in [0, 0.1) is 5.92 Å². The van der Waals surface area contributed by atoms with Gasteiger partial charge in [0.05, 0.1) is 6.33 Å². The summed E-state index contributed by atoms with van der Waals surface area (Å²) in [5.74, 6) is 1.32. The Morgan fingerprint density at radius 3 is 2.80 bits per heavy atom. The Kier molecular flexibility index (Phi) is 5.98. The predicted octanol–water partition coefficient (Wildman–Crippen LogP) is 0.682. The molecule has 0 saturated carbocycles. The van der Waals surface area contributed by atoms with Gasteiger partial charge in [-0.2, -0.15) is 0 Å². The van der Waals surface area contributed by atoms with Gasteiger partial charge < -0.3 is 25.4 Å². The number of carbonyl (C=O) groups is 2. The number of piperidine rings is 1. The first kappa shape index (κ1) is 20.3. The first-order chi connectivity index (χ1) is 14.5. The molecule has 4 heterocycles. The normalized spacial score (nSPS) is 20.0. The smallest absolute Gasteiger partial charge is 0.410 e. The molecule has 11 nitrogen and oxygen atoms in total. The Morgan fingerprint density at radius 2 is 2.10 bits per heavy atom. The SMILES string of the molecule is COCn1cnc2c(N)nc(CCC3CCN(C(=O)OC4CCNC4=O)CC3)nc21. The summed E-state index contributed by atoms with van der Waals surface area (Å²) in [5, 5.41) is 2.67. The highest BCUT2D eigenvalue weighted by atomic mass is 16.6. The lowest BCUT2D eigenvalue weighted by atomic mass is 9.92. The molecule has 0 bridgehead atoms. The fraction of sp³-hybridized carbons (Fsp3) is 0.632. The van der Waals surface area contributed by atoms with E-state index in [1.165, 1.54) is 0 Å². The Bertz CT molecular complexity index is 923. The summed E-state index contributed by atoms with van der Waals surface area (Å²) in [7, 11) is 1.61. The summed E-state index contributed by atoms with van der Waals surface area (Å²) in [6, 6.07) is 0. The summed E-state index contributed by atoms with van der Waals surface area (Å²) < 4.78 is 12.3. The standard InChI is InChI=1S/C19H27N7O4/c1-29-11-26-10-22-15-16(20)23-14(24-17(15)26)3-2-12-5-8-25(9-6-12)19(28)30-13-4-7-21-18(13)27/h10,12-13H,2-9,11H2,1H3,(H,21,27)(H2,20,23,24). The second kappa shape index (κ2) is 8.82. The molecule has 2 aliphatic rings. The van der Waals surface area contributed by atoms with E-state index in [1.54, 1.807) is 22.9 Å². The Morgan fingerprint density at radius 1 is 1.30 bits per heavy atom. The lowest BCUT2D eigenvalue weighted by Crippen LogP contribution is -2.41. The lowest BCUT2D eigenvalue weighted by molar-refractivity contribution is -0.126. The van der Waals surface area contributed by atoms with E-state index in [-0.39, 0.29) is 5.91 Å². The van der Waals surface area contributed by atoms with Gasteiger partial charge in [-0.25, -0.2) is 19.7 Å². The molecule has 3 N–H and O–H groups in total. The third-order valence-corrected chi connectivity index (χ3v) is 5.70. The Hall–Kier alpha value is -2.95. The topological polar surface area (TPSA) is 137 Å². The van der Waals surface area contributed by atoms with Crippen molar-refractivity contribution in [3.63, 3.8) is 0 Å². The number of hydrogen-bond donors (Lipinski definition) is 2. The molecule has 4 rings (SSSR count). The van der Waals surface area contributed by atoms with Crippen molar-refractivity contribution < 1.29 is 19.1 Å². The fourth-order valence-corrected chi connectivity index (χ4v) is 3.98. The van der Waals surface area contributed by atoms with Crippen molar-refractivity contribution in [2.75, 3.05) is 32.5 Å². The molecule has 11 heteroatoms. The maximum atomic E-state index is 12.3. The average molecular weight is 417 g/mol. The van der Waals surface area contributed by atoms with Crippen LogP contribution < -0.4 is 11.1 Å². The highest BCUT2D eigenvalue weighted by Crippen LogP contribution is 2.24. The number of anilines is 1. The van der Waals surface area contributed by atoms with Crippen LogP contribution in [-0.4, -0.2) is 69.3 Å². The van der Waals surface area contributed by atoms with E-state index < -0.39 is 12.2 Å². The molecule has 1 unspecified atom stereocenters. The van der Waals surface area contributed by atoms with Crippen LogP contribution in [0.2, 0.25) is 0 Å². The van der Waals surface area contributed by atoms with E-state index in [1.807, 2.05) is 0 Å². The summed E-state index contributed by atoms with van der Waals surface area (Å²) in [6.45, 7) is 2.16. The number of nitrogen functional groups attached to an aromatic ring is 1. The average Bonchev–Trinajstić information content (AvgIpc) is 3.34. The number of imidazole rings is 1. The van der Waals surface area contributed by atoms with Crippen molar-refractivity contribution in [1.29, 1.82) is 0 Å². The molecule has 0 aromatic carbocycles. The van der Waals surface area contributed by atoms with Gasteiger partial charge >= 0.3 is 6.09 Å². The van der Waals surface area contributed by atoms with Crippen molar-refractivity contribution >= 4 is 29.0 Å².